The lowest BCUT2D eigenvalue weighted by Crippen LogP contribution is -2.33. The normalized spacial score (nSPS) is 13.8. The van der Waals surface area contributed by atoms with Crippen LogP contribution in [0.5, 0.6) is 0 Å². The van der Waals surface area contributed by atoms with E-state index in [1.54, 1.807) is 0 Å². The molecule has 280 valence electrons. The lowest BCUT2D eigenvalue weighted by atomic mass is 10.1. The molecule has 1 saturated heterocycles. The van der Waals surface area contributed by atoms with Crippen molar-refractivity contribution in [2.75, 3.05) is 145 Å². The van der Waals surface area contributed by atoms with Crippen LogP contribution in [0.2, 0.25) is 0 Å². The van der Waals surface area contributed by atoms with Crippen molar-refractivity contribution in [3.05, 3.63) is 0 Å². The van der Waals surface area contributed by atoms with Crippen molar-refractivity contribution in [3.8, 4) is 0 Å². The first-order valence-corrected chi connectivity index (χ1v) is 18.0. The van der Waals surface area contributed by atoms with Gasteiger partial charge >= 0.3 is 5.97 Å². The summed E-state index contributed by atoms with van der Waals surface area (Å²) in [6.07, 6.45) is 9.96. The van der Waals surface area contributed by atoms with Gasteiger partial charge in [0.1, 0.15) is 6.61 Å². The Hall–Kier alpha value is -0.970. The van der Waals surface area contributed by atoms with Gasteiger partial charge in [-0.15, -0.1) is 0 Å². The SMILES string of the molecule is CCCCCCCCC(=O)OCCOCCOCCOCCOCCOCCOCCOCCOCCOCCOC1CCNCC1. The maximum atomic E-state index is 11.7. The second kappa shape index (κ2) is 37.8. The lowest BCUT2D eigenvalue weighted by Gasteiger charge is -2.22. The van der Waals surface area contributed by atoms with Crippen molar-refractivity contribution in [2.24, 2.45) is 0 Å². The molecule has 0 unspecified atom stereocenters. The fraction of sp³-hybridized carbons (Fsp3) is 0.971. The molecule has 0 aromatic rings. The second-order valence-corrected chi connectivity index (χ2v) is 11.1. The summed E-state index contributed by atoms with van der Waals surface area (Å²) in [5.74, 6) is -0.141. The van der Waals surface area contributed by atoms with E-state index in [9.17, 15) is 4.79 Å². The first-order chi connectivity index (χ1) is 23.3. The lowest BCUT2D eigenvalue weighted by molar-refractivity contribution is -0.145. The third-order valence-electron chi connectivity index (χ3n) is 7.07. The number of nitrogens with one attached hydrogen (secondary N) is 1. The largest absolute Gasteiger partial charge is 0.463 e. The van der Waals surface area contributed by atoms with Crippen LogP contribution in [0.15, 0.2) is 0 Å². The molecule has 13 heteroatoms. The number of unbranched alkanes of at least 4 members (excludes halogenated alkanes) is 5. The van der Waals surface area contributed by atoms with Crippen LogP contribution >= 0.6 is 0 Å². The van der Waals surface area contributed by atoms with Crippen LogP contribution in [-0.2, 0) is 56.9 Å². The standard InChI is InChI=1S/C34H67NO12/c1-2-3-4-5-6-7-8-34(36)47-32-30-45-28-26-43-24-22-41-20-18-39-16-14-37-13-15-38-17-19-40-21-23-42-25-27-44-29-31-46-33-9-11-35-12-10-33/h33,35H,2-32H2,1H3. The summed E-state index contributed by atoms with van der Waals surface area (Å²) < 4.78 is 60.3. The van der Waals surface area contributed by atoms with Gasteiger partial charge in [0.05, 0.1) is 132 Å². The molecule has 1 heterocycles. The van der Waals surface area contributed by atoms with Gasteiger partial charge in [-0.05, 0) is 32.4 Å². The molecule has 1 aliphatic heterocycles. The van der Waals surface area contributed by atoms with Crippen LogP contribution < -0.4 is 5.32 Å². The van der Waals surface area contributed by atoms with E-state index >= 15 is 0 Å². The van der Waals surface area contributed by atoms with Crippen LogP contribution in [0.3, 0.4) is 0 Å². The molecular weight excluding hydrogens is 614 g/mol. The van der Waals surface area contributed by atoms with E-state index in [0.717, 1.165) is 38.8 Å². The van der Waals surface area contributed by atoms with Crippen LogP contribution in [0, 0.1) is 0 Å². The number of carbonyl (C=O) groups excluding carboxylic acids is 1. The average molecular weight is 682 g/mol. The third-order valence-corrected chi connectivity index (χ3v) is 7.07. The minimum Gasteiger partial charge on any atom is -0.463 e. The number of rotatable bonds is 38. The van der Waals surface area contributed by atoms with E-state index < -0.39 is 0 Å². The Balaban J connectivity index is 1.62. The molecule has 0 radical (unpaired) electrons. The summed E-state index contributed by atoms with van der Waals surface area (Å²) in [5.41, 5.74) is 0. The Bertz CT molecular complexity index is 628. The molecule has 0 bridgehead atoms. The summed E-state index contributed by atoms with van der Waals surface area (Å²) in [7, 11) is 0. The smallest absolute Gasteiger partial charge is 0.305 e. The zero-order valence-electron chi connectivity index (χ0n) is 29.4. The minimum atomic E-state index is -0.141. The highest BCUT2D eigenvalue weighted by Crippen LogP contribution is 2.08. The fourth-order valence-electron chi connectivity index (χ4n) is 4.43. The van der Waals surface area contributed by atoms with E-state index in [1.807, 2.05) is 0 Å². The predicted octanol–water partition coefficient (Wildman–Crippen LogP) is 3.20. The molecule has 0 aliphatic carbocycles. The Morgan fingerprint density at radius 2 is 0.809 bits per heavy atom. The highest BCUT2D eigenvalue weighted by atomic mass is 16.6. The molecule has 47 heavy (non-hydrogen) atoms. The maximum absolute atomic E-state index is 11.7. The first kappa shape index (κ1) is 44.1. The molecule has 0 spiro atoms. The zero-order valence-corrected chi connectivity index (χ0v) is 29.4. The number of piperidine rings is 1. The maximum Gasteiger partial charge on any atom is 0.305 e. The third kappa shape index (κ3) is 34.7. The van der Waals surface area contributed by atoms with E-state index in [0.29, 0.717) is 138 Å². The minimum absolute atomic E-state index is 0.141. The Morgan fingerprint density at radius 1 is 0.468 bits per heavy atom. The van der Waals surface area contributed by atoms with Crippen LogP contribution in [0.1, 0.15) is 64.7 Å². The molecule has 1 fully saturated rings. The molecule has 1 aliphatic rings. The molecular formula is C34H67NO12. The number of ether oxygens (including phenoxy) is 11. The van der Waals surface area contributed by atoms with Gasteiger partial charge in [0.15, 0.2) is 0 Å². The van der Waals surface area contributed by atoms with Gasteiger partial charge in [-0.3, -0.25) is 4.79 Å². The quantitative estimate of drug-likeness (QED) is 0.0757. The van der Waals surface area contributed by atoms with Gasteiger partial charge in [0.25, 0.3) is 0 Å². The van der Waals surface area contributed by atoms with Crippen molar-refractivity contribution in [3.63, 3.8) is 0 Å². The average Bonchev–Trinajstić information content (AvgIpc) is 3.09. The highest BCUT2D eigenvalue weighted by Gasteiger charge is 2.12. The summed E-state index contributed by atoms with van der Waals surface area (Å²) in [4.78, 5) is 11.7. The first-order valence-electron chi connectivity index (χ1n) is 18.0. The van der Waals surface area contributed by atoms with Gasteiger partial charge in [-0.2, -0.15) is 0 Å². The molecule has 13 nitrogen and oxygen atoms in total. The summed E-state index contributed by atoms with van der Waals surface area (Å²) in [6, 6.07) is 0. The van der Waals surface area contributed by atoms with Crippen molar-refractivity contribution in [2.45, 2.75) is 70.8 Å². The van der Waals surface area contributed by atoms with Gasteiger partial charge in [0, 0.05) is 6.42 Å². The van der Waals surface area contributed by atoms with Crippen molar-refractivity contribution < 1.29 is 56.9 Å². The van der Waals surface area contributed by atoms with Crippen LogP contribution in [-0.4, -0.2) is 157 Å². The van der Waals surface area contributed by atoms with Gasteiger partial charge in [0.2, 0.25) is 0 Å². The summed E-state index contributed by atoms with van der Waals surface area (Å²) in [5, 5.41) is 3.33. The Labute approximate surface area is 284 Å². The van der Waals surface area contributed by atoms with Gasteiger partial charge < -0.3 is 57.4 Å². The second-order valence-electron chi connectivity index (χ2n) is 11.1. The van der Waals surface area contributed by atoms with Gasteiger partial charge in [-0.25, -0.2) is 0 Å². The summed E-state index contributed by atoms with van der Waals surface area (Å²) >= 11 is 0. The van der Waals surface area contributed by atoms with Crippen molar-refractivity contribution in [1.29, 1.82) is 0 Å². The van der Waals surface area contributed by atoms with E-state index in [2.05, 4.69) is 12.2 Å². The number of esters is 1. The Morgan fingerprint density at radius 3 is 1.21 bits per heavy atom. The van der Waals surface area contributed by atoms with Gasteiger partial charge in [-0.1, -0.05) is 39.0 Å². The molecule has 0 atom stereocenters. The van der Waals surface area contributed by atoms with Crippen LogP contribution in [0.4, 0.5) is 0 Å². The molecule has 0 saturated carbocycles. The zero-order chi connectivity index (χ0) is 33.6. The summed E-state index contributed by atoms with van der Waals surface area (Å²) in [6.45, 7) is 14.4. The Kier molecular flexibility index (Phi) is 35.5. The highest BCUT2D eigenvalue weighted by molar-refractivity contribution is 5.69. The molecule has 1 rings (SSSR count). The molecule has 0 aromatic heterocycles. The van der Waals surface area contributed by atoms with E-state index in [-0.39, 0.29) is 12.6 Å². The topological polar surface area (TPSA) is 131 Å². The predicted molar refractivity (Wildman–Crippen MR) is 178 cm³/mol. The van der Waals surface area contributed by atoms with E-state index in [1.165, 1.54) is 25.7 Å². The van der Waals surface area contributed by atoms with Crippen molar-refractivity contribution in [1.82, 2.24) is 5.32 Å². The number of hydrogen-bond acceptors (Lipinski definition) is 13. The van der Waals surface area contributed by atoms with Crippen molar-refractivity contribution >= 4 is 5.97 Å². The number of hydrogen-bond donors (Lipinski definition) is 1. The molecule has 0 aromatic carbocycles. The monoisotopic (exact) mass is 681 g/mol. The van der Waals surface area contributed by atoms with Crippen LogP contribution in [0.25, 0.3) is 0 Å². The number of carbonyl (C=O) groups is 1. The molecule has 0 amide bonds. The molecule has 1 N–H and O–H groups in total. The van der Waals surface area contributed by atoms with E-state index in [4.69, 9.17) is 52.1 Å². The fourth-order valence-corrected chi connectivity index (χ4v) is 4.43.